The van der Waals surface area contributed by atoms with Crippen molar-refractivity contribution in [2.75, 3.05) is 38.2 Å². The fourth-order valence-electron chi connectivity index (χ4n) is 4.48. The normalized spacial score (nSPS) is 19.5. The van der Waals surface area contributed by atoms with Crippen LogP contribution in [-0.2, 0) is 4.74 Å². The summed E-state index contributed by atoms with van der Waals surface area (Å²) in [6, 6.07) is 2.07. The lowest BCUT2D eigenvalue weighted by molar-refractivity contribution is 0.0417. The van der Waals surface area contributed by atoms with E-state index < -0.39 is 28.5 Å². The zero-order valence-electron chi connectivity index (χ0n) is 16.9. The number of hydrogen-bond donors (Lipinski definition) is 3. The van der Waals surface area contributed by atoms with E-state index in [-0.39, 0.29) is 39.6 Å². The van der Waals surface area contributed by atoms with Crippen molar-refractivity contribution in [1.82, 2.24) is 14.9 Å². The van der Waals surface area contributed by atoms with Gasteiger partial charge in [-0.25, -0.2) is 8.78 Å². The number of rotatable bonds is 4. The highest BCUT2D eigenvalue weighted by atomic mass is 19.1. The molecule has 1 saturated heterocycles. The number of aromatic nitrogens is 2. The van der Waals surface area contributed by atoms with Gasteiger partial charge in [0.05, 0.1) is 29.1 Å². The van der Waals surface area contributed by atoms with Crippen LogP contribution >= 0.6 is 0 Å². The first-order valence-corrected chi connectivity index (χ1v) is 10.2. The molecule has 1 saturated carbocycles. The largest absolute Gasteiger partial charge is 0.494 e. The summed E-state index contributed by atoms with van der Waals surface area (Å²) in [4.78, 5) is 28.8. The molecule has 0 spiro atoms. The highest BCUT2D eigenvalue weighted by Crippen LogP contribution is 2.42. The lowest BCUT2D eigenvalue weighted by Crippen LogP contribution is -2.47. The van der Waals surface area contributed by atoms with Gasteiger partial charge in [0.2, 0.25) is 11.3 Å². The Hall–Kier alpha value is -2.98. The molecule has 2 aromatic heterocycles. The highest BCUT2D eigenvalue weighted by Gasteiger charge is 2.33. The molecule has 3 aromatic rings. The van der Waals surface area contributed by atoms with Gasteiger partial charge in [-0.05, 0) is 26.0 Å². The number of aromatic amines is 1. The SMILES string of the molecule is CNCC1CN(c2c(F)cc3c(=O)c4c(O)[nH]c(=O)cc4n(C4CC4)c3c2F)CCO1. The number of H-pyrrole nitrogens is 1. The van der Waals surface area contributed by atoms with Crippen molar-refractivity contribution in [2.45, 2.75) is 25.0 Å². The maximum Gasteiger partial charge on any atom is 0.252 e. The molecule has 0 amide bonds. The maximum absolute atomic E-state index is 15.9. The smallest absolute Gasteiger partial charge is 0.252 e. The number of fused-ring (bicyclic) bond motifs is 2. The number of nitrogens with one attached hydrogen (secondary N) is 2. The fourth-order valence-corrected chi connectivity index (χ4v) is 4.48. The van der Waals surface area contributed by atoms with Crippen molar-refractivity contribution in [3.63, 3.8) is 0 Å². The molecule has 1 aromatic carbocycles. The van der Waals surface area contributed by atoms with E-state index >= 15 is 8.78 Å². The number of benzene rings is 1. The number of hydrogen-bond acceptors (Lipinski definition) is 6. The quantitative estimate of drug-likeness (QED) is 0.542. The number of ether oxygens (including phenoxy) is 1. The number of pyridine rings is 2. The number of likely N-dealkylation sites (N-methyl/N-ethyl adjacent to an activating group) is 1. The van der Waals surface area contributed by atoms with Gasteiger partial charge < -0.3 is 24.6 Å². The molecule has 164 valence electrons. The monoisotopic (exact) mass is 432 g/mol. The standard InChI is InChI=1S/C21H22F2N4O4/c1-24-8-11-9-26(4-5-31-11)19-13(22)6-12-18(17(19)23)27(10-2-3-10)14-7-15(28)25-21(30)16(14)20(12)29/h6-7,10-11,24H,2-5,8-9H2,1H3,(H2,25,28,30). The third-order valence-electron chi connectivity index (χ3n) is 5.94. The van der Waals surface area contributed by atoms with Gasteiger partial charge in [0.1, 0.15) is 16.9 Å². The van der Waals surface area contributed by atoms with Gasteiger partial charge in [-0.15, -0.1) is 0 Å². The Morgan fingerprint density at radius 3 is 2.77 bits per heavy atom. The lowest BCUT2D eigenvalue weighted by Gasteiger charge is -2.35. The van der Waals surface area contributed by atoms with Crippen molar-refractivity contribution in [3.05, 3.63) is 44.3 Å². The van der Waals surface area contributed by atoms with Crippen LogP contribution in [0.4, 0.5) is 14.5 Å². The molecule has 8 nitrogen and oxygen atoms in total. The summed E-state index contributed by atoms with van der Waals surface area (Å²) in [6.45, 7) is 1.45. The fraction of sp³-hybridized carbons (Fsp3) is 0.429. The molecule has 0 radical (unpaired) electrons. The molecule has 1 unspecified atom stereocenters. The van der Waals surface area contributed by atoms with Crippen LogP contribution in [0.2, 0.25) is 0 Å². The van der Waals surface area contributed by atoms with Crippen molar-refractivity contribution >= 4 is 27.5 Å². The minimum Gasteiger partial charge on any atom is -0.494 e. The van der Waals surface area contributed by atoms with E-state index in [1.807, 2.05) is 0 Å². The third-order valence-corrected chi connectivity index (χ3v) is 5.94. The minimum atomic E-state index is -0.849. The van der Waals surface area contributed by atoms with Gasteiger partial charge in [0.25, 0.3) is 5.56 Å². The van der Waals surface area contributed by atoms with Crippen LogP contribution in [0.25, 0.3) is 21.8 Å². The Kier molecular flexibility index (Phi) is 4.71. The van der Waals surface area contributed by atoms with Crippen LogP contribution in [0.5, 0.6) is 5.88 Å². The summed E-state index contributed by atoms with van der Waals surface area (Å²) >= 11 is 0. The van der Waals surface area contributed by atoms with E-state index in [2.05, 4.69) is 10.3 Å². The zero-order valence-corrected chi connectivity index (χ0v) is 16.9. The van der Waals surface area contributed by atoms with Crippen LogP contribution in [0, 0.1) is 11.6 Å². The van der Waals surface area contributed by atoms with Gasteiger partial charge in [-0.3, -0.25) is 14.6 Å². The average molecular weight is 432 g/mol. The number of nitrogens with zero attached hydrogens (tertiary/aromatic N) is 2. The van der Waals surface area contributed by atoms with E-state index in [4.69, 9.17) is 4.74 Å². The second-order valence-corrected chi connectivity index (χ2v) is 8.09. The first kappa shape index (κ1) is 20.0. The summed E-state index contributed by atoms with van der Waals surface area (Å²) in [5.74, 6) is -2.29. The van der Waals surface area contributed by atoms with Gasteiger partial charge in [-0.2, -0.15) is 0 Å². The van der Waals surface area contributed by atoms with Crippen LogP contribution in [0.3, 0.4) is 0 Å². The molecule has 3 N–H and O–H groups in total. The van der Waals surface area contributed by atoms with E-state index in [1.165, 1.54) is 6.07 Å². The summed E-state index contributed by atoms with van der Waals surface area (Å²) in [7, 11) is 1.77. The van der Waals surface area contributed by atoms with Crippen LogP contribution in [-0.4, -0.2) is 54.1 Å². The predicted molar refractivity (Wildman–Crippen MR) is 112 cm³/mol. The first-order chi connectivity index (χ1) is 14.9. The van der Waals surface area contributed by atoms with Gasteiger partial charge >= 0.3 is 0 Å². The number of aromatic hydroxyl groups is 1. The van der Waals surface area contributed by atoms with Crippen molar-refractivity contribution in [3.8, 4) is 5.88 Å². The molecule has 1 aliphatic heterocycles. The van der Waals surface area contributed by atoms with E-state index in [0.29, 0.717) is 26.2 Å². The molecule has 1 aliphatic carbocycles. The topological polar surface area (TPSA) is 99.6 Å². The summed E-state index contributed by atoms with van der Waals surface area (Å²) in [6.07, 6.45) is 1.23. The molecule has 10 heteroatoms. The van der Waals surface area contributed by atoms with Crippen LogP contribution < -0.4 is 21.2 Å². The molecule has 2 fully saturated rings. The molecule has 5 rings (SSSR count). The molecule has 0 bridgehead atoms. The molecular weight excluding hydrogens is 410 g/mol. The number of anilines is 1. The molecule has 31 heavy (non-hydrogen) atoms. The molecule has 1 atom stereocenters. The Morgan fingerprint density at radius 1 is 1.29 bits per heavy atom. The van der Waals surface area contributed by atoms with E-state index in [0.717, 1.165) is 18.9 Å². The van der Waals surface area contributed by atoms with Gasteiger partial charge in [0.15, 0.2) is 5.82 Å². The van der Waals surface area contributed by atoms with Crippen molar-refractivity contribution < 1.29 is 18.6 Å². The van der Waals surface area contributed by atoms with Crippen molar-refractivity contribution in [2.24, 2.45) is 0 Å². The third kappa shape index (κ3) is 3.17. The Balaban J connectivity index is 1.82. The summed E-state index contributed by atoms with van der Waals surface area (Å²) in [5, 5.41) is 12.9. The lowest BCUT2D eigenvalue weighted by atomic mass is 10.1. The highest BCUT2D eigenvalue weighted by molar-refractivity contribution is 5.97. The Labute approximate surface area is 175 Å². The number of morpholine rings is 1. The summed E-state index contributed by atoms with van der Waals surface area (Å²) < 4.78 is 38.3. The van der Waals surface area contributed by atoms with Gasteiger partial charge in [-0.1, -0.05) is 0 Å². The number of halogens is 2. The Bertz CT molecular complexity index is 1310. The first-order valence-electron chi connectivity index (χ1n) is 10.2. The summed E-state index contributed by atoms with van der Waals surface area (Å²) in [5.41, 5.74) is -1.44. The zero-order chi connectivity index (χ0) is 21.9. The Morgan fingerprint density at radius 2 is 2.06 bits per heavy atom. The van der Waals surface area contributed by atoms with Crippen LogP contribution in [0.1, 0.15) is 18.9 Å². The average Bonchev–Trinajstić information content (AvgIpc) is 3.54. The van der Waals surface area contributed by atoms with E-state index in [9.17, 15) is 14.7 Å². The molecule has 3 heterocycles. The predicted octanol–water partition coefficient (Wildman–Crippen LogP) is 1.59. The second kappa shape index (κ2) is 7.31. The van der Waals surface area contributed by atoms with Crippen molar-refractivity contribution in [1.29, 1.82) is 0 Å². The minimum absolute atomic E-state index is 0.0435. The molecular formula is C21H22F2N4O4. The molecule has 2 aliphatic rings. The maximum atomic E-state index is 15.9. The second-order valence-electron chi connectivity index (χ2n) is 8.09. The van der Waals surface area contributed by atoms with E-state index in [1.54, 1.807) is 16.5 Å². The van der Waals surface area contributed by atoms with Crippen LogP contribution in [0.15, 0.2) is 21.7 Å². The van der Waals surface area contributed by atoms with Gasteiger partial charge in [0, 0.05) is 31.7 Å².